The molecule has 6 N–H and O–H groups in total. The van der Waals surface area contributed by atoms with Gasteiger partial charge in [0.25, 0.3) is 11.8 Å². The largest absolute Gasteiger partial charge is 0.384 e. The van der Waals surface area contributed by atoms with Gasteiger partial charge in [-0.2, -0.15) is 0 Å². The molecule has 1 saturated carbocycles. The first-order chi connectivity index (χ1) is 23.2. The Labute approximate surface area is 282 Å². The van der Waals surface area contributed by atoms with Crippen LogP contribution in [0, 0.1) is 0 Å². The molecule has 49 heavy (non-hydrogen) atoms. The fourth-order valence-corrected chi connectivity index (χ4v) is 6.77. The molecular formula is C34H42N8O7. The van der Waals surface area contributed by atoms with Gasteiger partial charge in [-0.15, -0.1) is 5.10 Å². The molecule has 3 aromatic rings. The number of ketones is 1. The van der Waals surface area contributed by atoms with Gasteiger partial charge in [0.1, 0.15) is 23.2 Å². The Bertz CT molecular complexity index is 1770. The van der Waals surface area contributed by atoms with E-state index in [1.807, 2.05) is 24.3 Å². The van der Waals surface area contributed by atoms with E-state index < -0.39 is 64.6 Å². The lowest BCUT2D eigenvalue weighted by atomic mass is 9.78. The molecule has 15 nitrogen and oxygen atoms in total. The number of Topliss-reactive ketones (excluding diaryl/α,β-unsaturated/α-hetero) is 1. The van der Waals surface area contributed by atoms with E-state index in [1.54, 1.807) is 32.0 Å². The van der Waals surface area contributed by atoms with Crippen molar-refractivity contribution in [3.05, 3.63) is 59.9 Å². The van der Waals surface area contributed by atoms with E-state index in [-0.39, 0.29) is 37.9 Å². The minimum Gasteiger partial charge on any atom is -0.384 e. The molecule has 1 aliphatic carbocycles. The van der Waals surface area contributed by atoms with Crippen LogP contribution < -0.4 is 21.7 Å². The summed E-state index contributed by atoms with van der Waals surface area (Å²) in [4.78, 5) is 80.5. The number of hydrogen-bond donors (Lipinski definition) is 5. The Morgan fingerprint density at radius 2 is 1.73 bits per heavy atom. The first-order valence-electron chi connectivity index (χ1n) is 16.3. The number of amides is 5. The van der Waals surface area contributed by atoms with Crippen LogP contribution in [-0.2, 0) is 29.6 Å². The van der Waals surface area contributed by atoms with Crippen molar-refractivity contribution in [3.8, 4) is 0 Å². The topological polar surface area (TPSA) is 219 Å². The third-order valence-corrected chi connectivity index (χ3v) is 9.31. The molecule has 2 heterocycles. The molecule has 5 rings (SSSR count). The highest BCUT2D eigenvalue weighted by Crippen LogP contribution is 2.34. The van der Waals surface area contributed by atoms with Crippen LogP contribution in [0.1, 0.15) is 81.4 Å². The van der Waals surface area contributed by atoms with Gasteiger partial charge in [0.15, 0.2) is 0 Å². The van der Waals surface area contributed by atoms with Crippen LogP contribution in [0.15, 0.2) is 48.7 Å². The van der Waals surface area contributed by atoms with Crippen LogP contribution in [0.2, 0.25) is 0 Å². The monoisotopic (exact) mass is 674 g/mol. The zero-order chi connectivity index (χ0) is 35.5. The van der Waals surface area contributed by atoms with Gasteiger partial charge in [0.05, 0.1) is 17.9 Å². The number of aliphatic hydroxyl groups is 1. The van der Waals surface area contributed by atoms with Crippen LogP contribution in [0.5, 0.6) is 0 Å². The van der Waals surface area contributed by atoms with E-state index in [9.17, 15) is 33.9 Å². The Kier molecular flexibility index (Phi) is 10.1. The highest BCUT2D eigenvalue weighted by Gasteiger charge is 2.49. The first kappa shape index (κ1) is 35.1. The minimum atomic E-state index is -1.51. The van der Waals surface area contributed by atoms with Gasteiger partial charge in [-0.25, -0.2) is 4.68 Å². The molecule has 5 amide bonds. The number of aromatic nitrogens is 3. The molecule has 3 atom stereocenters. The third-order valence-electron chi connectivity index (χ3n) is 9.31. The number of benzene rings is 2. The summed E-state index contributed by atoms with van der Waals surface area (Å²) in [5.41, 5.74) is 3.16. The highest BCUT2D eigenvalue weighted by atomic mass is 16.3. The third kappa shape index (κ3) is 7.61. The number of fused-ring (bicyclic) bond motifs is 1. The number of nitrogens with zero attached hydrogens (tertiary/aromatic N) is 4. The quantitative estimate of drug-likeness (QED) is 0.180. The maximum atomic E-state index is 14.4. The second-order valence-electron chi connectivity index (χ2n) is 13.4. The lowest BCUT2D eigenvalue weighted by Gasteiger charge is -2.37. The van der Waals surface area contributed by atoms with Crippen molar-refractivity contribution in [2.24, 2.45) is 5.73 Å². The summed E-state index contributed by atoms with van der Waals surface area (Å²) in [7, 11) is 0. The van der Waals surface area contributed by atoms with Crippen LogP contribution in [0.25, 0.3) is 10.8 Å². The molecule has 2 fully saturated rings. The Morgan fingerprint density at radius 1 is 1.04 bits per heavy atom. The summed E-state index contributed by atoms with van der Waals surface area (Å²) in [6, 6.07) is 9.46. The predicted molar refractivity (Wildman–Crippen MR) is 176 cm³/mol. The zero-order valence-corrected chi connectivity index (χ0v) is 27.8. The molecule has 1 saturated heterocycles. The van der Waals surface area contributed by atoms with Gasteiger partial charge >= 0.3 is 0 Å². The second-order valence-corrected chi connectivity index (χ2v) is 13.4. The number of carbonyl (C=O) groups is 6. The van der Waals surface area contributed by atoms with Gasteiger partial charge < -0.3 is 31.7 Å². The molecule has 0 bridgehead atoms. The fourth-order valence-electron chi connectivity index (χ4n) is 6.77. The molecule has 2 aromatic carbocycles. The molecule has 0 unspecified atom stereocenters. The summed E-state index contributed by atoms with van der Waals surface area (Å²) < 4.78 is 1.45. The lowest BCUT2D eigenvalue weighted by molar-refractivity contribution is -0.145. The molecule has 260 valence electrons. The van der Waals surface area contributed by atoms with Gasteiger partial charge in [0, 0.05) is 32.0 Å². The number of primary amides is 1. The van der Waals surface area contributed by atoms with Crippen LogP contribution in [0.4, 0.5) is 0 Å². The number of hydrogen-bond acceptors (Lipinski definition) is 9. The van der Waals surface area contributed by atoms with Crippen molar-refractivity contribution < 1.29 is 33.9 Å². The number of likely N-dealkylation sites (tertiary alicyclic amines) is 1. The smallest absolute Gasteiger partial charge is 0.287 e. The molecule has 15 heteroatoms. The second kappa shape index (κ2) is 14.1. The van der Waals surface area contributed by atoms with E-state index in [2.05, 4.69) is 26.3 Å². The van der Waals surface area contributed by atoms with Crippen LogP contribution in [0.3, 0.4) is 0 Å². The summed E-state index contributed by atoms with van der Waals surface area (Å²) in [5.74, 6) is -4.43. The molecule has 0 radical (unpaired) electrons. The molecule has 1 aliphatic heterocycles. The van der Waals surface area contributed by atoms with Crippen molar-refractivity contribution in [1.29, 1.82) is 0 Å². The standard InChI is InChI=1S/C34H42N8O7/c1-20(43)36-17-25(38-30(46)23-12-11-21-9-5-6-10-22(21)15-23)32(48)41-19-24(42-27(18-37-40-42)33(2,3)49)16-26(41)31(47)39-34(28(44)29(35)45)13-7-4-8-14-34/h5-6,9-12,15,18,24-26,49H,4,7-8,13-14,16-17,19H2,1-3H3,(H2,35,45)(H,36,43)(H,38,46)(H,39,47)/t24-,25+,26-/m0/s1. The van der Waals surface area contributed by atoms with E-state index in [0.29, 0.717) is 18.5 Å². The summed E-state index contributed by atoms with van der Waals surface area (Å²) in [5, 5.41) is 28.7. The maximum absolute atomic E-state index is 14.4. The lowest BCUT2D eigenvalue weighted by Crippen LogP contribution is -2.63. The van der Waals surface area contributed by atoms with Gasteiger partial charge in [-0.05, 0) is 49.6 Å². The molecule has 0 spiro atoms. The summed E-state index contributed by atoms with van der Waals surface area (Å²) in [6.07, 6.45) is 3.81. The van der Waals surface area contributed by atoms with Crippen molar-refractivity contribution in [2.45, 2.75) is 88.6 Å². The average Bonchev–Trinajstić information content (AvgIpc) is 3.74. The molecule has 2 aliphatic rings. The van der Waals surface area contributed by atoms with E-state index in [4.69, 9.17) is 5.73 Å². The predicted octanol–water partition coefficient (Wildman–Crippen LogP) is 0.609. The Hall–Kier alpha value is -5.18. The molecular weight excluding hydrogens is 632 g/mol. The average molecular weight is 675 g/mol. The van der Waals surface area contributed by atoms with E-state index in [1.165, 1.54) is 22.7 Å². The van der Waals surface area contributed by atoms with Gasteiger partial charge in [0.2, 0.25) is 23.5 Å². The SMILES string of the molecule is CC(=O)NC[C@@H](NC(=O)c1ccc2ccccc2c1)C(=O)N1C[C@@H](n2nncc2C(C)(C)O)C[C@H]1C(=O)NC1(C(=O)C(N)=O)CCCCC1. The maximum Gasteiger partial charge on any atom is 0.287 e. The summed E-state index contributed by atoms with van der Waals surface area (Å²) in [6.45, 7) is 4.03. The number of nitrogens with one attached hydrogen (secondary N) is 3. The number of rotatable bonds is 11. The van der Waals surface area contributed by atoms with Crippen molar-refractivity contribution >= 4 is 46.1 Å². The summed E-state index contributed by atoms with van der Waals surface area (Å²) >= 11 is 0. The van der Waals surface area contributed by atoms with Crippen LogP contribution >= 0.6 is 0 Å². The Balaban J connectivity index is 1.48. The van der Waals surface area contributed by atoms with Gasteiger partial charge in [-0.1, -0.05) is 54.8 Å². The first-order valence-corrected chi connectivity index (χ1v) is 16.3. The fraction of sp³-hybridized carbons (Fsp3) is 0.471. The Morgan fingerprint density at radius 3 is 2.39 bits per heavy atom. The number of carbonyl (C=O) groups excluding carboxylic acids is 6. The minimum absolute atomic E-state index is 0.0103. The van der Waals surface area contributed by atoms with Crippen molar-refractivity contribution in [2.75, 3.05) is 13.1 Å². The normalized spacial score (nSPS) is 19.6. The van der Waals surface area contributed by atoms with Gasteiger partial charge in [-0.3, -0.25) is 28.8 Å². The highest BCUT2D eigenvalue weighted by molar-refractivity contribution is 6.39. The van der Waals surface area contributed by atoms with E-state index >= 15 is 0 Å². The zero-order valence-electron chi connectivity index (χ0n) is 27.8. The van der Waals surface area contributed by atoms with E-state index in [0.717, 1.165) is 17.2 Å². The van der Waals surface area contributed by atoms with Crippen LogP contribution in [-0.4, -0.2) is 91.0 Å². The van der Waals surface area contributed by atoms with Crippen molar-refractivity contribution in [3.63, 3.8) is 0 Å². The van der Waals surface area contributed by atoms with Crippen molar-refractivity contribution in [1.82, 2.24) is 35.8 Å². The number of nitrogens with two attached hydrogens (primary N) is 1. The molecule has 1 aromatic heterocycles.